The molecule has 136 valence electrons. The van der Waals surface area contributed by atoms with Crippen molar-refractivity contribution in [3.05, 3.63) is 73.3 Å². The van der Waals surface area contributed by atoms with Crippen molar-refractivity contribution in [2.75, 3.05) is 6.73 Å². The first kappa shape index (κ1) is 16.7. The van der Waals surface area contributed by atoms with E-state index in [4.69, 9.17) is 9.47 Å². The van der Waals surface area contributed by atoms with Gasteiger partial charge in [-0.05, 0) is 35.9 Å². The van der Waals surface area contributed by atoms with E-state index in [1.54, 1.807) is 22.7 Å². The molecule has 6 heteroatoms. The molecule has 2 aliphatic rings. The maximum Gasteiger partial charge on any atom is 0.232 e. The fraction of sp³-hybridized carbons (Fsp3) is 0.190. The van der Waals surface area contributed by atoms with Crippen LogP contribution in [-0.2, 0) is 13.1 Å². The number of rotatable bonds is 3. The predicted molar refractivity (Wildman–Crippen MR) is 107 cm³/mol. The Hall–Kier alpha value is -2.41. The van der Waals surface area contributed by atoms with E-state index in [-0.39, 0.29) is 5.78 Å². The van der Waals surface area contributed by atoms with Crippen molar-refractivity contribution in [2.24, 2.45) is 0 Å². The van der Waals surface area contributed by atoms with E-state index in [9.17, 15) is 4.79 Å². The highest BCUT2D eigenvalue weighted by Crippen LogP contribution is 2.43. The van der Waals surface area contributed by atoms with Gasteiger partial charge < -0.3 is 9.47 Å². The minimum Gasteiger partial charge on any atom is -0.477 e. The van der Waals surface area contributed by atoms with Crippen LogP contribution in [0.1, 0.15) is 31.2 Å². The van der Waals surface area contributed by atoms with Crippen LogP contribution in [0.4, 0.5) is 0 Å². The summed E-state index contributed by atoms with van der Waals surface area (Å²) in [6.45, 7) is 4.12. The molecule has 27 heavy (non-hydrogen) atoms. The van der Waals surface area contributed by atoms with Gasteiger partial charge in [0.05, 0.1) is 5.56 Å². The van der Waals surface area contributed by atoms with Crippen molar-refractivity contribution in [3.8, 4) is 11.5 Å². The lowest BCUT2D eigenvalue weighted by Gasteiger charge is -2.30. The van der Waals surface area contributed by atoms with Gasteiger partial charge in [-0.15, -0.1) is 22.7 Å². The minimum absolute atomic E-state index is 0.0559. The zero-order valence-electron chi connectivity index (χ0n) is 14.7. The van der Waals surface area contributed by atoms with Crippen molar-refractivity contribution >= 4 is 34.5 Å². The fourth-order valence-corrected chi connectivity index (χ4v) is 4.92. The lowest BCUT2D eigenvalue weighted by atomic mass is 10.00. The Morgan fingerprint density at radius 2 is 2.04 bits per heavy atom. The second-order valence-electron chi connectivity index (χ2n) is 6.66. The summed E-state index contributed by atoms with van der Waals surface area (Å²) in [4.78, 5) is 17.4. The molecule has 5 rings (SSSR count). The molecular weight excluding hydrogens is 378 g/mol. The van der Waals surface area contributed by atoms with Crippen molar-refractivity contribution in [3.63, 3.8) is 0 Å². The summed E-state index contributed by atoms with van der Waals surface area (Å²) in [6, 6.07) is 10.1. The summed E-state index contributed by atoms with van der Waals surface area (Å²) < 4.78 is 12.0. The average Bonchev–Trinajstić information content (AvgIpc) is 3.41. The van der Waals surface area contributed by atoms with Gasteiger partial charge in [-0.3, -0.25) is 9.69 Å². The van der Waals surface area contributed by atoms with Crippen molar-refractivity contribution in [2.45, 2.75) is 20.0 Å². The van der Waals surface area contributed by atoms with Gasteiger partial charge in [0.2, 0.25) is 5.78 Å². The quantitative estimate of drug-likeness (QED) is 0.579. The van der Waals surface area contributed by atoms with Crippen LogP contribution < -0.4 is 9.47 Å². The fourth-order valence-electron chi connectivity index (χ4n) is 3.52. The molecule has 1 aromatic carbocycles. The summed E-state index contributed by atoms with van der Waals surface area (Å²) in [7, 11) is 0. The second kappa shape index (κ2) is 6.64. The molecule has 0 saturated heterocycles. The third kappa shape index (κ3) is 3.00. The maximum atomic E-state index is 12.9. The zero-order valence-corrected chi connectivity index (χ0v) is 16.4. The van der Waals surface area contributed by atoms with Gasteiger partial charge in [-0.2, -0.15) is 0 Å². The van der Waals surface area contributed by atoms with E-state index in [0.29, 0.717) is 23.8 Å². The summed E-state index contributed by atoms with van der Waals surface area (Å²) in [5.74, 6) is 1.81. The molecule has 2 aliphatic heterocycles. The van der Waals surface area contributed by atoms with Crippen molar-refractivity contribution in [1.82, 2.24) is 4.90 Å². The molecule has 0 radical (unpaired) electrons. The van der Waals surface area contributed by atoms with E-state index in [2.05, 4.69) is 22.4 Å². The van der Waals surface area contributed by atoms with E-state index in [1.807, 2.05) is 36.6 Å². The minimum atomic E-state index is -0.0559. The Labute approximate surface area is 165 Å². The van der Waals surface area contributed by atoms with Crippen LogP contribution in [0.5, 0.6) is 11.5 Å². The molecule has 0 atom stereocenters. The SMILES string of the molecule is Cc1c2c(cc3c1O/C(=C\c1cccs1)C3=O)CN(Cc1cccs1)CO2. The molecule has 4 heterocycles. The van der Waals surface area contributed by atoms with Gasteiger partial charge in [0.25, 0.3) is 0 Å². The molecular formula is C21H17NO3S2. The van der Waals surface area contributed by atoms with Crippen LogP contribution in [0.15, 0.2) is 46.9 Å². The van der Waals surface area contributed by atoms with Crippen LogP contribution in [0.2, 0.25) is 0 Å². The number of hydrogen-bond donors (Lipinski definition) is 0. The highest BCUT2D eigenvalue weighted by Gasteiger charge is 2.33. The molecule has 0 spiro atoms. The summed E-state index contributed by atoms with van der Waals surface area (Å²) in [5.41, 5.74) is 2.58. The molecule has 0 N–H and O–H groups in total. The topological polar surface area (TPSA) is 38.8 Å². The largest absolute Gasteiger partial charge is 0.477 e. The summed E-state index contributed by atoms with van der Waals surface area (Å²) in [5, 5.41) is 4.07. The number of allylic oxidation sites excluding steroid dienone is 1. The van der Waals surface area contributed by atoms with Crippen LogP contribution in [0.25, 0.3) is 6.08 Å². The highest BCUT2D eigenvalue weighted by molar-refractivity contribution is 7.10. The first-order valence-electron chi connectivity index (χ1n) is 8.71. The third-order valence-corrected chi connectivity index (χ3v) is 6.46. The Balaban J connectivity index is 1.46. The first-order chi connectivity index (χ1) is 13.2. The Morgan fingerprint density at radius 1 is 1.19 bits per heavy atom. The Bertz CT molecular complexity index is 1040. The number of benzene rings is 1. The predicted octanol–water partition coefficient (Wildman–Crippen LogP) is 5.09. The number of fused-ring (bicyclic) bond motifs is 2. The second-order valence-corrected chi connectivity index (χ2v) is 8.67. The van der Waals surface area contributed by atoms with Gasteiger partial charge in [-0.25, -0.2) is 0 Å². The molecule has 0 bridgehead atoms. The number of ketones is 1. The normalized spacial score (nSPS) is 17.5. The first-order valence-corrected chi connectivity index (χ1v) is 10.5. The molecule has 0 amide bonds. The van der Waals surface area contributed by atoms with Gasteiger partial charge in [0.15, 0.2) is 5.76 Å². The van der Waals surface area contributed by atoms with Crippen molar-refractivity contribution < 1.29 is 14.3 Å². The Morgan fingerprint density at radius 3 is 2.81 bits per heavy atom. The highest BCUT2D eigenvalue weighted by atomic mass is 32.1. The van der Waals surface area contributed by atoms with E-state index in [1.165, 1.54) is 4.88 Å². The average molecular weight is 396 g/mol. The molecule has 0 aliphatic carbocycles. The Kier molecular flexibility index (Phi) is 4.11. The number of carbonyl (C=O) groups is 1. The van der Waals surface area contributed by atoms with Crippen LogP contribution >= 0.6 is 22.7 Å². The van der Waals surface area contributed by atoms with E-state index >= 15 is 0 Å². The molecule has 0 unspecified atom stereocenters. The lowest BCUT2D eigenvalue weighted by Crippen LogP contribution is -2.31. The van der Waals surface area contributed by atoms with Gasteiger partial charge >= 0.3 is 0 Å². The smallest absolute Gasteiger partial charge is 0.232 e. The number of thiophene rings is 2. The van der Waals surface area contributed by atoms with Crippen LogP contribution in [0.3, 0.4) is 0 Å². The summed E-state index contributed by atoms with van der Waals surface area (Å²) >= 11 is 3.33. The number of Topliss-reactive ketones (excluding diaryl/α,β-unsaturated/α-hetero) is 1. The lowest BCUT2D eigenvalue weighted by molar-refractivity contribution is 0.0886. The van der Waals surface area contributed by atoms with Gasteiger partial charge in [0.1, 0.15) is 18.2 Å². The molecule has 4 nitrogen and oxygen atoms in total. The van der Waals surface area contributed by atoms with Crippen molar-refractivity contribution in [1.29, 1.82) is 0 Å². The zero-order chi connectivity index (χ0) is 18.4. The summed E-state index contributed by atoms with van der Waals surface area (Å²) in [6.07, 6.45) is 1.81. The molecule has 0 fully saturated rings. The van der Waals surface area contributed by atoms with Crippen LogP contribution in [0, 0.1) is 6.92 Å². The molecule has 2 aromatic heterocycles. The van der Waals surface area contributed by atoms with Gasteiger partial charge in [-0.1, -0.05) is 12.1 Å². The number of nitrogens with zero attached hydrogens (tertiary/aromatic N) is 1. The standard InChI is InChI=1S/C21H17NO3S2/c1-13-20-14(10-22(12-24-20)11-16-5-3-7-27-16)8-17-19(23)18(25-21(13)17)9-15-4-2-6-26-15/h2-9H,10-12H2,1H3/b18-9-. The molecule has 3 aromatic rings. The van der Waals surface area contributed by atoms with Gasteiger partial charge in [0, 0.05) is 40.0 Å². The number of hydrogen-bond acceptors (Lipinski definition) is 6. The monoisotopic (exact) mass is 395 g/mol. The van der Waals surface area contributed by atoms with Crippen LogP contribution in [-0.4, -0.2) is 17.4 Å². The molecule has 0 saturated carbocycles. The van der Waals surface area contributed by atoms with E-state index < -0.39 is 0 Å². The third-order valence-electron chi connectivity index (χ3n) is 4.78. The number of carbonyl (C=O) groups excluding carboxylic acids is 1. The number of ether oxygens (including phenoxy) is 2. The maximum absolute atomic E-state index is 12.9. The van der Waals surface area contributed by atoms with E-state index in [0.717, 1.165) is 34.8 Å².